The van der Waals surface area contributed by atoms with Gasteiger partial charge >= 0.3 is 6.09 Å². The van der Waals surface area contributed by atoms with Gasteiger partial charge in [0.2, 0.25) is 0 Å². The Labute approximate surface area is 84.8 Å². The van der Waals surface area contributed by atoms with Crippen molar-refractivity contribution in [2.45, 2.75) is 51.9 Å². The maximum Gasteiger partial charge on any atom is 0.412 e. The largest absolute Gasteiger partial charge is 0.444 e. The maximum atomic E-state index is 11.6. The predicted molar refractivity (Wildman–Crippen MR) is 52.8 cm³/mol. The Hall–Kier alpha value is -0.770. The van der Waals surface area contributed by atoms with Crippen LogP contribution in [0.1, 0.15) is 40.5 Å². The molecule has 0 aromatic rings. The summed E-state index contributed by atoms with van der Waals surface area (Å²) in [5, 5.41) is 9.85. The minimum Gasteiger partial charge on any atom is -0.444 e. The molecule has 4 heteroatoms. The molecule has 0 unspecified atom stereocenters. The number of hydrogen-bond acceptors (Lipinski definition) is 3. The van der Waals surface area contributed by atoms with Crippen LogP contribution in [0.15, 0.2) is 0 Å². The molecule has 1 aliphatic rings. The number of rotatable bonds is 0. The highest BCUT2D eigenvalue weighted by molar-refractivity contribution is 5.69. The molecule has 0 spiro atoms. The van der Waals surface area contributed by atoms with E-state index in [4.69, 9.17) is 4.74 Å². The van der Waals surface area contributed by atoms with Crippen LogP contribution in [0.4, 0.5) is 4.79 Å². The fourth-order valence-electron chi connectivity index (χ4n) is 1.55. The van der Waals surface area contributed by atoms with Crippen molar-refractivity contribution in [1.29, 1.82) is 0 Å². The lowest BCUT2D eigenvalue weighted by Gasteiger charge is -2.32. The van der Waals surface area contributed by atoms with E-state index in [0.717, 1.165) is 6.42 Å². The lowest BCUT2D eigenvalue weighted by molar-refractivity contribution is -0.0710. The predicted octanol–water partition coefficient (Wildman–Crippen LogP) is 1.73. The van der Waals surface area contributed by atoms with Crippen molar-refractivity contribution >= 4 is 6.09 Å². The van der Waals surface area contributed by atoms with Crippen LogP contribution in [0.2, 0.25) is 0 Å². The van der Waals surface area contributed by atoms with Crippen LogP contribution < -0.4 is 0 Å². The summed E-state index contributed by atoms with van der Waals surface area (Å²) in [6.07, 6.45) is 1.01. The summed E-state index contributed by atoms with van der Waals surface area (Å²) in [5.41, 5.74) is -1.54. The second-order valence-corrected chi connectivity index (χ2v) is 4.95. The van der Waals surface area contributed by atoms with Crippen molar-refractivity contribution < 1.29 is 14.6 Å². The summed E-state index contributed by atoms with van der Waals surface area (Å²) >= 11 is 0. The molecular weight excluding hydrogens is 182 g/mol. The Morgan fingerprint density at radius 1 is 1.50 bits per heavy atom. The molecule has 0 aliphatic carbocycles. The van der Waals surface area contributed by atoms with Gasteiger partial charge in [-0.1, -0.05) is 0 Å². The first-order valence-electron chi connectivity index (χ1n) is 4.95. The third-order valence-corrected chi connectivity index (χ3v) is 2.23. The van der Waals surface area contributed by atoms with Gasteiger partial charge in [0.25, 0.3) is 0 Å². The first-order chi connectivity index (χ1) is 6.22. The minimum atomic E-state index is -1.04. The van der Waals surface area contributed by atoms with Crippen molar-refractivity contribution in [3.05, 3.63) is 0 Å². The zero-order valence-corrected chi connectivity index (χ0v) is 9.33. The second-order valence-electron chi connectivity index (χ2n) is 4.95. The Balaban J connectivity index is 2.62. The summed E-state index contributed by atoms with van der Waals surface area (Å²) in [5.74, 6) is 0. The van der Waals surface area contributed by atoms with E-state index in [0.29, 0.717) is 13.0 Å². The van der Waals surface area contributed by atoms with E-state index in [9.17, 15) is 9.90 Å². The molecule has 0 bridgehead atoms. The number of hydrogen-bond donors (Lipinski definition) is 1. The van der Waals surface area contributed by atoms with Crippen LogP contribution in [0.3, 0.4) is 0 Å². The molecule has 1 N–H and O–H groups in total. The van der Waals surface area contributed by atoms with Crippen LogP contribution in [0.5, 0.6) is 0 Å². The normalized spacial score (nSPS) is 27.9. The molecule has 82 valence electrons. The van der Waals surface area contributed by atoms with Crippen molar-refractivity contribution in [3.63, 3.8) is 0 Å². The molecular formula is C10H19NO3. The third kappa shape index (κ3) is 2.61. The number of likely N-dealkylation sites (tertiary alicyclic amines) is 1. The molecule has 1 fully saturated rings. The van der Waals surface area contributed by atoms with E-state index in [2.05, 4.69) is 0 Å². The SMILES string of the molecule is CC(C)(C)OC(=O)N1CCC[C@@]1(C)O. The monoisotopic (exact) mass is 201 g/mol. The molecule has 1 heterocycles. The van der Waals surface area contributed by atoms with E-state index in [-0.39, 0.29) is 0 Å². The molecule has 0 saturated carbocycles. The summed E-state index contributed by atoms with van der Waals surface area (Å²) in [7, 11) is 0. The molecule has 1 rings (SSSR count). The molecule has 0 aromatic heterocycles. The van der Waals surface area contributed by atoms with E-state index < -0.39 is 17.4 Å². The maximum absolute atomic E-state index is 11.6. The van der Waals surface area contributed by atoms with Gasteiger partial charge in [-0.3, -0.25) is 4.90 Å². The zero-order valence-electron chi connectivity index (χ0n) is 9.33. The molecule has 4 nitrogen and oxygen atoms in total. The third-order valence-electron chi connectivity index (χ3n) is 2.23. The lowest BCUT2D eigenvalue weighted by atomic mass is 10.2. The Morgan fingerprint density at radius 2 is 2.07 bits per heavy atom. The van der Waals surface area contributed by atoms with E-state index in [1.54, 1.807) is 6.92 Å². The van der Waals surface area contributed by atoms with Crippen LogP contribution >= 0.6 is 0 Å². The number of nitrogens with zero attached hydrogens (tertiary/aromatic N) is 1. The fraction of sp³-hybridized carbons (Fsp3) is 0.900. The highest BCUT2D eigenvalue weighted by Gasteiger charge is 2.39. The molecule has 14 heavy (non-hydrogen) atoms. The molecule has 0 radical (unpaired) electrons. The molecule has 1 aliphatic heterocycles. The van der Waals surface area contributed by atoms with Crippen LogP contribution in [0, 0.1) is 0 Å². The van der Waals surface area contributed by atoms with E-state index >= 15 is 0 Å². The van der Waals surface area contributed by atoms with E-state index in [1.165, 1.54) is 4.90 Å². The highest BCUT2D eigenvalue weighted by Crippen LogP contribution is 2.27. The van der Waals surface area contributed by atoms with Gasteiger partial charge in [0.15, 0.2) is 0 Å². The summed E-state index contributed by atoms with van der Waals surface area (Å²) in [6.45, 7) is 7.66. The van der Waals surface area contributed by atoms with Gasteiger partial charge in [0.1, 0.15) is 11.3 Å². The van der Waals surface area contributed by atoms with Crippen molar-refractivity contribution in [3.8, 4) is 0 Å². The number of amides is 1. The number of ether oxygens (including phenoxy) is 1. The highest BCUT2D eigenvalue weighted by atomic mass is 16.6. The average molecular weight is 201 g/mol. The number of carbonyl (C=O) groups excluding carboxylic acids is 1. The van der Waals surface area contributed by atoms with Crippen molar-refractivity contribution in [2.24, 2.45) is 0 Å². The fourth-order valence-corrected chi connectivity index (χ4v) is 1.55. The van der Waals surface area contributed by atoms with Crippen LogP contribution in [-0.2, 0) is 4.74 Å². The van der Waals surface area contributed by atoms with Gasteiger partial charge in [-0.15, -0.1) is 0 Å². The Kier molecular flexibility index (Phi) is 2.76. The van der Waals surface area contributed by atoms with Gasteiger partial charge in [0, 0.05) is 6.54 Å². The topological polar surface area (TPSA) is 49.8 Å². The van der Waals surface area contributed by atoms with Gasteiger partial charge < -0.3 is 9.84 Å². The van der Waals surface area contributed by atoms with Crippen LogP contribution in [-0.4, -0.2) is 34.0 Å². The van der Waals surface area contributed by atoms with Crippen molar-refractivity contribution in [1.82, 2.24) is 4.90 Å². The molecule has 1 atom stereocenters. The van der Waals surface area contributed by atoms with Gasteiger partial charge in [-0.2, -0.15) is 0 Å². The summed E-state index contributed by atoms with van der Waals surface area (Å²) in [4.78, 5) is 13.0. The van der Waals surface area contributed by atoms with Gasteiger partial charge in [-0.05, 0) is 40.5 Å². The first kappa shape index (κ1) is 11.3. The van der Waals surface area contributed by atoms with Crippen molar-refractivity contribution in [2.75, 3.05) is 6.54 Å². The van der Waals surface area contributed by atoms with Crippen LogP contribution in [0.25, 0.3) is 0 Å². The standard InChI is InChI=1S/C10H19NO3/c1-9(2,3)14-8(12)11-7-5-6-10(11,4)13/h13H,5-7H2,1-4H3/t10-/m1/s1. The number of aliphatic hydroxyl groups is 1. The number of carbonyl (C=O) groups is 1. The lowest BCUT2D eigenvalue weighted by Crippen LogP contribution is -2.47. The van der Waals surface area contributed by atoms with Gasteiger partial charge in [0.05, 0.1) is 0 Å². The van der Waals surface area contributed by atoms with E-state index in [1.807, 2.05) is 20.8 Å². The summed E-state index contributed by atoms with van der Waals surface area (Å²) in [6, 6.07) is 0. The quantitative estimate of drug-likeness (QED) is 0.649. The average Bonchev–Trinajstić information content (AvgIpc) is 2.25. The second kappa shape index (κ2) is 3.42. The first-order valence-corrected chi connectivity index (χ1v) is 4.95. The Morgan fingerprint density at radius 3 is 2.43 bits per heavy atom. The zero-order chi connectivity index (χ0) is 11.0. The molecule has 1 amide bonds. The minimum absolute atomic E-state index is 0.431. The Bertz CT molecular complexity index is 230. The smallest absolute Gasteiger partial charge is 0.412 e. The molecule has 0 aromatic carbocycles. The molecule has 1 saturated heterocycles. The summed E-state index contributed by atoms with van der Waals surface area (Å²) < 4.78 is 5.18. The van der Waals surface area contributed by atoms with Gasteiger partial charge in [-0.25, -0.2) is 4.79 Å².